The maximum absolute atomic E-state index is 10.1. The first kappa shape index (κ1) is 13.7. The van der Waals surface area contributed by atoms with Gasteiger partial charge in [-0.05, 0) is 50.3 Å². The first-order chi connectivity index (χ1) is 7.04. The van der Waals surface area contributed by atoms with Crippen molar-refractivity contribution in [2.75, 3.05) is 0 Å². The molecule has 0 amide bonds. The maximum atomic E-state index is 10.1. The van der Waals surface area contributed by atoms with Crippen molar-refractivity contribution in [3.63, 3.8) is 0 Å². The van der Waals surface area contributed by atoms with Crippen LogP contribution in [0.2, 0.25) is 0 Å². The minimum atomic E-state index is -0.344. The van der Waals surface area contributed by atoms with E-state index in [1.807, 2.05) is 6.07 Å². The molecule has 0 saturated heterocycles. The van der Waals surface area contributed by atoms with Crippen molar-refractivity contribution in [3.05, 3.63) is 19.2 Å². The van der Waals surface area contributed by atoms with Gasteiger partial charge in [-0.3, -0.25) is 0 Å². The molecule has 0 radical (unpaired) electrons. The molecule has 86 valence electrons. The highest BCUT2D eigenvalue weighted by molar-refractivity contribution is 9.12. The van der Waals surface area contributed by atoms with Crippen LogP contribution in [0.3, 0.4) is 0 Å². The molecule has 0 saturated carbocycles. The fraction of sp³-hybridized carbons (Fsp3) is 0.636. The van der Waals surface area contributed by atoms with Gasteiger partial charge in [0.1, 0.15) is 0 Å². The van der Waals surface area contributed by atoms with Gasteiger partial charge in [0, 0.05) is 5.56 Å². The molecule has 1 heterocycles. The Bertz CT molecular complexity index is 312. The molecule has 4 heteroatoms. The van der Waals surface area contributed by atoms with Crippen molar-refractivity contribution < 1.29 is 5.11 Å². The maximum Gasteiger partial charge on any atom is 0.0812 e. The van der Waals surface area contributed by atoms with Gasteiger partial charge in [0.05, 0.1) is 13.7 Å². The zero-order valence-electron chi connectivity index (χ0n) is 8.96. The monoisotopic (exact) mass is 354 g/mol. The highest BCUT2D eigenvalue weighted by atomic mass is 79.9. The third-order valence-electron chi connectivity index (χ3n) is 2.45. The van der Waals surface area contributed by atoms with Crippen LogP contribution >= 0.6 is 43.2 Å². The molecule has 0 aliphatic carbocycles. The molecular weight excluding hydrogens is 340 g/mol. The summed E-state index contributed by atoms with van der Waals surface area (Å²) in [5.41, 5.74) is 1.01. The van der Waals surface area contributed by atoms with Crippen LogP contribution in [0.5, 0.6) is 0 Å². The fourth-order valence-electron chi connectivity index (χ4n) is 1.70. The third kappa shape index (κ3) is 4.17. The molecule has 0 aliphatic rings. The molecular formula is C11H16Br2OS. The molecule has 0 aliphatic heterocycles. The van der Waals surface area contributed by atoms with Crippen LogP contribution in [0.25, 0.3) is 0 Å². The Morgan fingerprint density at radius 3 is 2.60 bits per heavy atom. The summed E-state index contributed by atoms with van der Waals surface area (Å²) in [6.07, 6.45) is 2.86. The molecule has 1 aromatic heterocycles. The predicted octanol–water partition coefficient (Wildman–Crippen LogP) is 5.13. The van der Waals surface area contributed by atoms with Crippen LogP contribution in [0.15, 0.2) is 13.6 Å². The zero-order chi connectivity index (χ0) is 11.4. The number of rotatable bonds is 5. The van der Waals surface area contributed by atoms with Gasteiger partial charge in [0.15, 0.2) is 0 Å². The van der Waals surface area contributed by atoms with Gasteiger partial charge < -0.3 is 5.11 Å². The van der Waals surface area contributed by atoms with E-state index in [2.05, 4.69) is 45.7 Å². The molecule has 15 heavy (non-hydrogen) atoms. The van der Waals surface area contributed by atoms with Gasteiger partial charge in [0.2, 0.25) is 0 Å². The van der Waals surface area contributed by atoms with Crippen LogP contribution in [0.1, 0.15) is 44.8 Å². The van der Waals surface area contributed by atoms with E-state index in [4.69, 9.17) is 0 Å². The fourth-order valence-corrected chi connectivity index (χ4v) is 4.65. The topological polar surface area (TPSA) is 20.2 Å². The summed E-state index contributed by atoms with van der Waals surface area (Å²) < 4.78 is 2.09. The van der Waals surface area contributed by atoms with Crippen molar-refractivity contribution in [1.29, 1.82) is 0 Å². The number of thiophene rings is 1. The second kappa shape index (κ2) is 6.38. The van der Waals surface area contributed by atoms with Crippen molar-refractivity contribution in [2.45, 2.75) is 39.2 Å². The lowest BCUT2D eigenvalue weighted by atomic mass is 9.96. The highest BCUT2D eigenvalue weighted by Crippen LogP contribution is 2.37. The largest absolute Gasteiger partial charge is 0.388 e. The molecule has 2 unspecified atom stereocenters. The van der Waals surface area contributed by atoms with Crippen LogP contribution in [-0.4, -0.2) is 5.11 Å². The summed E-state index contributed by atoms with van der Waals surface area (Å²) in [6, 6.07) is 2.00. The van der Waals surface area contributed by atoms with Crippen molar-refractivity contribution in [2.24, 2.45) is 5.92 Å². The van der Waals surface area contributed by atoms with E-state index in [1.54, 1.807) is 11.3 Å². The van der Waals surface area contributed by atoms with E-state index in [0.29, 0.717) is 5.92 Å². The lowest BCUT2D eigenvalue weighted by molar-refractivity contribution is 0.145. The molecule has 1 aromatic rings. The lowest BCUT2D eigenvalue weighted by Crippen LogP contribution is -2.03. The molecule has 0 aromatic carbocycles. The summed E-state index contributed by atoms with van der Waals surface area (Å²) in [7, 11) is 0. The molecule has 0 fully saturated rings. The second-order valence-electron chi connectivity index (χ2n) is 3.92. The van der Waals surface area contributed by atoms with E-state index < -0.39 is 0 Å². The minimum absolute atomic E-state index is 0.344. The predicted molar refractivity (Wildman–Crippen MR) is 73.4 cm³/mol. The van der Waals surface area contributed by atoms with E-state index in [1.165, 1.54) is 12.8 Å². The highest BCUT2D eigenvalue weighted by Gasteiger charge is 2.16. The Morgan fingerprint density at radius 2 is 2.13 bits per heavy atom. The smallest absolute Gasteiger partial charge is 0.0812 e. The average Bonchev–Trinajstić information content (AvgIpc) is 2.45. The molecule has 1 nitrogen and oxygen atoms in total. The molecule has 1 N–H and O–H groups in total. The Morgan fingerprint density at radius 1 is 1.47 bits per heavy atom. The molecule has 2 atom stereocenters. The molecule has 0 spiro atoms. The molecule has 1 rings (SSSR count). The van der Waals surface area contributed by atoms with E-state index in [-0.39, 0.29) is 6.10 Å². The quantitative estimate of drug-likeness (QED) is 0.775. The normalized spacial score (nSPS) is 15.3. The van der Waals surface area contributed by atoms with Gasteiger partial charge in [-0.2, -0.15) is 0 Å². The molecule has 0 bridgehead atoms. The summed E-state index contributed by atoms with van der Waals surface area (Å²) in [5.74, 6) is 0.579. The third-order valence-corrected chi connectivity index (χ3v) is 4.83. The van der Waals surface area contributed by atoms with Crippen LogP contribution in [0, 0.1) is 5.92 Å². The number of hydrogen-bond donors (Lipinski definition) is 1. The number of hydrogen-bond acceptors (Lipinski definition) is 2. The Balaban J connectivity index is 2.60. The Kier molecular flexibility index (Phi) is 5.82. The van der Waals surface area contributed by atoms with E-state index in [0.717, 1.165) is 19.6 Å². The van der Waals surface area contributed by atoms with Gasteiger partial charge in [0.25, 0.3) is 0 Å². The first-order valence-corrected chi connectivity index (χ1v) is 7.57. The number of halogens is 2. The lowest BCUT2D eigenvalue weighted by Gasteiger charge is -2.15. The van der Waals surface area contributed by atoms with Crippen LogP contribution in [-0.2, 0) is 0 Å². The van der Waals surface area contributed by atoms with E-state index >= 15 is 0 Å². The van der Waals surface area contributed by atoms with Gasteiger partial charge in [-0.15, -0.1) is 11.3 Å². The van der Waals surface area contributed by atoms with Crippen molar-refractivity contribution in [3.8, 4) is 0 Å². The van der Waals surface area contributed by atoms with Gasteiger partial charge in [-0.1, -0.05) is 26.7 Å². The van der Waals surface area contributed by atoms with Crippen LogP contribution in [0.4, 0.5) is 0 Å². The number of aliphatic hydroxyl groups excluding tert-OH is 1. The second-order valence-corrected chi connectivity index (χ2v) is 7.67. The number of aliphatic hydroxyl groups is 1. The summed E-state index contributed by atoms with van der Waals surface area (Å²) in [4.78, 5) is 0. The summed E-state index contributed by atoms with van der Waals surface area (Å²) >= 11 is 8.51. The Labute approximate surface area is 112 Å². The van der Waals surface area contributed by atoms with Crippen molar-refractivity contribution in [1.82, 2.24) is 0 Å². The zero-order valence-corrected chi connectivity index (χ0v) is 13.0. The average molecular weight is 356 g/mol. The first-order valence-electron chi connectivity index (χ1n) is 5.17. The SMILES string of the molecule is CCCC(C)CC(O)c1cc(Br)sc1Br. The minimum Gasteiger partial charge on any atom is -0.388 e. The van der Waals surface area contributed by atoms with Crippen molar-refractivity contribution >= 4 is 43.2 Å². The Hall–Kier alpha value is 0.620. The van der Waals surface area contributed by atoms with Gasteiger partial charge in [-0.25, -0.2) is 0 Å². The van der Waals surface area contributed by atoms with Gasteiger partial charge >= 0.3 is 0 Å². The standard InChI is InChI=1S/C11H16Br2OS/c1-3-4-7(2)5-9(14)8-6-10(12)15-11(8)13/h6-7,9,14H,3-5H2,1-2H3. The van der Waals surface area contributed by atoms with Crippen LogP contribution < -0.4 is 0 Å². The summed E-state index contributed by atoms with van der Waals surface area (Å²) in [5, 5.41) is 10.1. The summed E-state index contributed by atoms with van der Waals surface area (Å²) in [6.45, 7) is 4.38. The van der Waals surface area contributed by atoms with E-state index in [9.17, 15) is 5.11 Å².